The van der Waals surface area contributed by atoms with Gasteiger partial charge in [-0.3, -0.25) is 0 Å². The van der Waals surface area contributed by atoms with Crippen molar-refractivity contribution in [1.29, 1.82) is 0 Å². The zero-order valence-corrected chi connectivity index (χ0v) is 13.0. The summed E-state index contributed by atoms with van der Waals surface area (Å²) in [7, 11) is 0. The van der Waals surface area contributed by atoms with Crippen LogP contribution in [0.15, 0.2) is 24.3 Å². The molecule has 0 spiro atoms. The van der Waals surface area contributed by atoms with Gasteiger partial charge < -0.3 is 9.84 Å². The lowest BCUT2D eigenvalue weighted by Crippen LogP contribution is -2.44. The highest BCUT2D eigenvalue weighted by Gasteiger charge is 2.55. The molecule has 1 heterocycles. The van der Waals surface area contributed by atoms with Gasteiger partial charge in [0.15, 0.2) is 0 Å². The second-order valence-corrected chi connectivity index (χ2v) is 6.98. The SMILES string of the molecule is CCC(O)(c1ccccc1F)C1CC(C)(C)OC1(C)C. The van der Waals surface area contributed by atoms with Crippen LogP contribution in [0.25, 0.3) is 0 Å². The fraction of sp³-hybridized carbons (Fsp3) is 0.647. The zero-order valence-electron chi connectivity index (χ0n) is 13.0. The molecule has 2 rings (SSSR count). The van der Waals surface area contributed by atoms with Crippen molar-refractivity contribution in [2.75, 3.05) is 0 Å². The monoisotopic (exact) mass is 280 g/mol. The number of aliphatic hydroxyl groups is 1. The lowest BCUT2D eigenvalue weighted by molar-refractivity contribution is -0.119. The summed E-state index contributed by atoms with van der Waals surface area (Å²) in [5.41, 5.74) is -1.62. The standard InChI is InChI=1S/C17H25FO2/c1-6-17(19,12-9-7-8-10-13(12)18)14-11-15(2,3)20-16(14,4)5/h7-10,14,19H,6,11H2,1-5H3. The van der Waals surface area contributed by atoms with E-state index in [1.807, 2.05) is 34.6 Å². The Morgan fingerprint density at radius 1 is 1.30 bits per heavy atom. The summed E-state index contributed by atoms with van der Waals surface area (Å²) in [5, 5.41) is 11.2. The molecule has 1 saturated heterocycles. The van der Waals surface area contributed by atoms with Crippen molar-refractivity contribution >= 4 is 0 Å². The number of benzene rings is 1. The lowest BCUT2D eigenvalue weighted by atomic mass is 9.70. The van der Waals surface area contributed by atoms with Crippen molar-refractivity contribution < 1.29 is 14.2 Å². The Morgan fingerprint density at radius 2 is 1.90 bits per heavy atom. The molecule has 0 radical (unpaired) electrons. The summed E-state index contributed by atoms with van der Waals surface area (Å²) < 4.78 is 20.2. The number of rotatable bonds is 3. The van der Waals surface area contributed by atoms with Crippen LogP contribution in [0, 0.1) is 11.7 Å². The molecule has 0 aromatic heterocycles. The molecule has 0 amide bonds. The molecular formula is C17H25FO2. The predicted molar refractivity (Wildman–Crippen MR) is 77.9 cm³/mol. The molecule has 0 bridgehead atoms. The average Bonchev–Trinajstić information content (AvgIpc) is 2.57. The maximum atomic E-state index is 14.2. The van der Waals surface area contributed by atoms with E-state index in [1.165, 1.54) is 6.07 Å². The van der Waals surface area contributed by atoms with Crippen molar-refractivity contribution in [2.45, 2.75) is 64.3 Å². The van der Waals surface area contributed by atoms with Gasteiger partial charge in [-0.1, -0.05) is 25.1 Å². The summed E-state index contributed by atoms with van der Waals surface area (Å²) in [5.74, 6) is -0.496. The topological polar surface area (TPSA) is 29.5 Å². The van der Waals surface area contributed by atoms with Crippen LogP contribution >= 0.6 is 0 Å². The normalized spacial score (nSPS) is 27.2. The van der Waals surface area contributed by atoms with Crippen molar-refractivity contribution in [2.24, 2.45) is 5.92 Å². The van der Waals surface area contributed by atoms with Gasteiger partial charge in [0.25, 0.3) is 0 Å². The van der Waals surface area contributed by atoms with Crippen LogP contribution in [0.3, 0.4) is 0 Å². The van der Waals surface area contributed by atoms with E-state index in [-0.39, 0.29) is 17.3 Å². The van der Waals surface area contributed by atoms with Crippen LogP contribution in [-0.2, 0) is 10.3 Å². The number of ether oxygens (including phenoxy) is 1. The number of hydrogen-bond donors (Lipinski definition) is 1. The van der Waals surface area contributed by atoms with Gasteiger partial charge in [0.05, 0.1) is 16.8 Å². The summed E-state index contributed by atoms with van der Waals surface area (Å²) >= 11 is 0. The minimum Gasteiger partial charge on any atom is -0.385 e. The van der Waals surface area contributed by atoms with Crippen LogP contribution in [0.5, 0.6) is 0 Å². The molecule has 2 nitrogen and oxygen atoms in total. The van der Waals surface area contributed by atoms with E-state index in [4.69, 9.17) is 4.74 Å². The summed E-state index contributed by atoms with van der Waals surface area (Å²) in [6.07, 6.45) is 1.17. The molecule has 1 fully saturated rings. The number of halogens is 1. The summed E-state index contributed by atoms with van der Waals surface area (Å²) in [6, 6.07) is 6.51. The van der Waals surface area contributed by atoms with E-state index >= 15 is 0 Å². The van der Waals surface area contributed by atoms with E-state index < -0.39 is 11.2 Å². The van der Waals surface area contributed by atoms with E-state index in [0.29, 0.717) is 18.4 Å². The first-order valence-corrected chi connectivity index (χ1v) is 7.30. The van der Waals surface area contributed by atoms with Crippen LogP contribution in [0.4, 0.5) is 4.39 Å². The molecule has 112 valence electrons. The van der Waals surface area contributed by atoms with Gasteiger partial charge in [-0.25, -0.2) is 4.39 Å². The first-order chi connectivity index (χ1) is 9.12. The minimum absolute atomic E-state index is 0.146. The van der Waals surface area contributed by atoms with Gasteiger partial charge in [0.1, 0.15) is 5.82 Å². The van der Waals surface area contributed by atoms with E-state index in [0.717, 1.165) is 0 Å². The molecule has 1 aromatic carbocycles. The Bertz CT molecular complexity index is 496. The molecule has 20 heavy (non-hydrogen) atoms. The zero-order chi connectivity index (χ0) is 15.2. The fourth-order valence-corrected chi connectivity index (χ4v) is 3.74. The third-order valence-corrected chi connectivity index (χ3v) is 4.53. The third kappa shape index (κ3) is 2.49. The molecule has 1 aliphatic rings. The van der Waals surface area contributed by atoms with Crippen molar-refractivity contribution in [1.82, 2.24) is 0 Å². The molecule has 0 aliphatic carbocycles. The van der Waals surface area contributed by atoms with Crippen LogP contribution in [-0.4, -0.2) is 16.3 Å². The first-order valence-electron chi connectivity index (χ1n) is 7.30. The van der Waals surface area contributed by atoms with Gasteiger partial charge >= 0.3 is 0 Å². The largest absolute Gasteiger partial charge is 0.385 e. The van der Waals surface area contributed by atoms with Gasteiger partial charge in [0, 0.05) is 11.5 Å². The maximum Gasteiger partial charge on any atom is 0.129 e. The Hall–Kier alpha value is -0.930. The van der Waals surface area contributed by atoms with Gasteiger partial charge in [0.2, 0.25) is 0 Å². The number of hydrogen-bond acceptors (Lipinski definition) is 2. The molecule has 2 unspecified atom stereocenters. The highest BCUT2D eigenvalue weighted by molar-refractivity contribution is 5.27. The molecule has 0 saturated carbocycles. The van der Waals surface area contributed by atoms with Gasteiger partial charge in [-0.05, 0) is 46.6 Å². The Morgan fingerprint density at radius 3 is 2.35 bits per heavy atom. The van der Waals surface area contributed by atoms with E-state index in [1.54, 1.807) is 18.2 Å². The van der Waals surface area contributed by atoms with Gasteiger partial charge in [-0.15, -0.1) is 0 Å². The van der Waals surface area contributed by atoms with Crippen molar-refractivity contribution in [3.8, 4) is 0 Å². The third-order valence-electron chi connectivity index (χ3n) is 4.53. The molecule has 1 aliphatic heterocycles. The second kappa shape index (κ2) is 4.81. The predicted octanol–water partition coefficient (Wildman–Crippen LogP) is 4.02. The maximum absolute atomic E-state index is 14.2. The van der Waals surface area contributed by atoms with E-state index in [2.05, 4.69) is 0 Å². The Kier molecular flexibility index (Phi) is 3.72. The van der Waals surface area contributed by atoms with E-state index in [9.17, 15) is 9.50 Å². The molecule has 2 atom stereocenters. The Labute approximate surface area is 121 Å². The molecule has 1 aromatic rings. The summed E-state index contributed by atoms with van der Waals surface area (Å²) in [6.45, 7) is 9.90. The quantitative estimate of drug-likeness (QED) is 0.906. The lowest BCUT2D eigenvalue weighted by Gasteiger charge is -2.40. The van der Waals surface area contributed by atoms with Crippen LogP contribution < -0.4 is 0 Å². The molecule has 1 N–H and O–H groups in total. The highest BCUT2D eigenvalue weighted by Crippen LogP contribution is 2.51. The van der Waals surface area contributed by atoms with Crippen molar-refractivity contribution in [3.63, 3.8) is 0 Å². The second-order valence-electron chi connectivity index (χ2n) is 6.98. The minimum atomic E-state index is -1.21. The fourth-order valence-electron chi connectivity index (χ4n) is 3.74. The summed E-state index contributed by atoms with van der Waals surface area (Å²) in [4.78, 5) is 0. The van der Waals surface area contributed by atoms with Gasteiger partial charge in [-0.2, -0.15) is 0 Å². The highest BCUT2D eigenvalue weighted by atomic mass is 19.1. The first kappa shape index (κ1) is 15.5. The molecule has 3 heteroatoms. The van der Waals surface area contributed by atoms with Crippen LogP contribution in [0.1, 0.15) is 53.0 Å². The van der Waals surface area contributed by atoms with Crippen molar-refractivity contribution in [3.05, 3.63) is 35.6 Å². The average molecular weight is 280 g/mol. The Balaban J connectivity index is 2.49. The molecular weight excluding hydrogens is 255 g/mol. The van der Waals surface area contributed by atoms with Crippen LogP contribution in [0.2, 0.25) is 0 Å². The smallest absolute Gasteiger partial charge is 0.129 e.